The second kappa shape index (κ2) is 8.25. The Bertz CT molecular complexity index is 739. The topological polar surface area (TPSA) is 32.3 Å². The van der Waals surface area contributed by atoms with E-state index in [1.54, 1.807) is 12.1 Å². The first-order valence-corrected chi connectivity index (χ1v) is 8.53. The number of nitrogens with one attached hydrogen (secondary N) is 1. The molecule has 6 heteroatoms. The summed E-state index contributed by atoms with van der Waals surface area (Å²) in [5, 5.41) is 2.72. The van der Waals surface area contributed by atoms with Gasteiger partial charge in [-0.3, -0.25) is 4.79 Å². The highest BCUT2D eigenvalue weighted by atomic mass is 19.4. The molecule has 1 N–H and O–H groups in total. The number of halogens is 3. The molecular weight excluding hydrogens is 341 g/mol. The van der Waals surface area contributed by atoms with Crippen molar-refractivity contribution in [3.63, 3.8) is 0 Å². The highest BCUT2D eigenvalue weighted by molar-refractivity contribution is 5.92. The molecule has 1 amide bonds. The van der Waals surface area contributed by atoms with Gasteiger partial charge in [-0.1, -0.05) is 18.2 Å². The van der Waals surface area contributed by atoms with Crippen LogP contribution in [0.25, 0.3) is 0 Å². The first-order chi connectivity index (χ1) is 12.2. The third-order valence-corrected chi connectivity index (χ3v) is 4.07. The van der Waals surface area contributed by atoms with E-state index in [1.807, 2.05) is 12.1 Å². The summed E-state index contributed by atoms with van der Waals surface area (Å²) >= 11 is 0. The Morgan fingerprint density at radius 2 is 1.77 bits per heavy atom. The first-order valence-electron chi connectivity index (χ1n) is 8.53. The number of anilines is 2. The number of amides is 1. The lowest BCUT2D eigenvalue weighted by Crippen LogP contribution is -2.30. The summed E-state index contributed by atoms with van der Waals surface area (Å²) in [6.07, 6.45) is -4.53. The summed E-state index contributed by atoms with van der Waals surface area (Å²) in [4.78, 5) is 14.3. The highest BCUT2D eigenvalue weighted by Crippen LogP contribution is 2.29. The molecule has 140 valence electrons. The minimum Gasteiger partial charge on any atom is -0.369 e. The molecule has 0 heterocycles. The van der Waals surface area contributed by atoms with Gasteiger partial charge in [0.05, 0.1) is 12.0 Å². The molecule has 0 bridgehead atoms. The van der Waals surface area contributed by atoms with E-state index >= 15 is 0 Å². The van der Waals surface area contributed by atoms with Gasteiger partial charge in [0, 0.05) is 24.0 Å². The molecule has 0 aliphatic rings. The van der Waals surface area contributed by atoms with Crippen molar-refractivity contribution in [3.8, 4) is 0 Å². The molecule has 0 aliphatic carbocycles. The summed E-state index contributed by atoms with van der Waals surface area (Å²) in [6.45, 7) is 7.16. The minimum atomic E-state index is -4.41. The van der Waals surface area contributed by atoms with Crippen molar-refractivity contribution in [3.05, 3.63) is 59.7 Å². The second-order valence-electron chi connectivity index (χ2n) is 6.35. The molecule has 2 aromatic carbocycles. The number of hydrogen-bond donors (Lipinski definition) is 1. The molecule has 0 spiro atoms. The molecule has 0 aliphatic heterocycles. The molecule has 0 saturated carbocycles. The van der Waals surface area contributed by atoms with E-state index in [9.17, 15) is 18.0 Å². The van der Waals surface area contributed by atoms with Crippen LogP contribution in [0.1, 0.15) is 31.9 Å². The van der Waals surface area contributed by atoms with Crippen LogP contribution in [0.4, 0.5) is 24.5 Å². The van der Waals surface area contributed by atoms with E-state index in [2.05, 4.69) is 31.0 Å². The molecule has 0 unspecified atom stereocenters. The van der Waals surface area contributed by atoms with E-state index in [-0.39, 0.29) is 12.3 Å². The van der Waals surface area contributed by atoms with Gasteiger partial charge < -0.3 is 10.2 Å². The van der Waals surface area contributed by atoms with Crippen LogP contribution in [0, 0.1) is 0 Å². The third-order valence-electron chi connectivity index (χ3n) is 4.07. The predicted molar refractivity (Wildman–Crippen MR) is 98.4 cm³/mol. The SMILES string of the molecule is CCN(c1ccc(NC(=O)Cc2cccc(C(F)(F)F)c2)cc1)C(C)C. The molecule has 0 fully saturated rings. The molecule has 0 radical (unpaired) electrons. The van der Waals surface area contributed by atoms with Crippen molar-refractivity contribution in [2.24, 2.45) is 0 Å². The zero-order chi connectivity index (χ0) is 19.3. The van der Waals surface area contributed by atoms with Crippen LogP contribution in [0.15, 0.2) is 48.5 Å². The van der Waals surface area contributed by atoms with Crippen molar-refractivity contribution in [1.29, 1.82) is 0 Å². The molecule has 0 aromatic heterocycles. The van der Waals surface area contributed by atoms with Crippen LogP contribution < -0.4 is 10.2 Å². The second-order valence-corrected chi connectivity index (χ2v) is 6.35. The van der Waals surface area contributed by atoms with Gasteiger partial charge in [-0.2, -0.15) is 13.2 Å². The quantitative estimate of drug-likeness (QED) is 0.771. The maximum Gasteiger partial charge on any atom is 0.416 e. The van der Waals surface area contributed by atoms with Gasteiger partial charge in [0.1, 0.15) is 0 Å². The van der Waals surface area contributed by atoms with E-state index in [1.165, 1.54) is 12.1 Å². The largest absolute Gasteiger partial charge is 0.416 e. The molecule has 2 aromatic rings. The number of alkyl halides is 3. The summed E-state index contributed by atoms with van der Waals surface area (Å²) < 4.78 is 38.2. The Morgan fingerprint density at radius 1 is 1.12 bits per heavy atom. The van der Waals surface area contributed by atoms with Crippen molar-refractivity contribution in [2.45, 2.75) is 39.4 Å². The average Bonchev–Trinajstić information content (AvgIpc) is 2.56. The van der Waals surface area contributed by atoms with Crippen LogP contribution in [-0.4, -0.2) is 18.5 Å². The molecule has 0 saturated heterocycles. The summed E-state index contributed by atoms with van der Waals surface area (Å²) in [5.41, 5.74) is 1.25. The number of rotatable bonds is 6. The fraction of sp³-hybridized carbons (Fsp3) is 0.350. The van der Waals surface area contributed by atoms with Crippen molar-refractivity contribution >= 4 is 17.3 Å². The Kier molecular flexibility index (Phi) is 6.29. The highest BCUT2D eigenvalue weighted by Gasteiger charge is 2.30. The number of carbonyl (C=O) groups is 1. The Labute approximate surface area is 151 Å². The summed E-state index contributed by atoms with van der Waals surface area (Å²) in [5.74, 6) is -0.353. The maximum atomic E-state index is 12.7. The van der Waals surface area contributed by atoms with Crippen LogP contribution in [-0.2, 0) is 17.4 Å². The number of hydrogen-bond acceptors (Lipinski definition) is 2. The molecular formula is C20H23F3N2O. The number of benzene rings is 2. The molecule has 3 nitrogen and oxygen atoms in total. The standard InChI is InChI=1S/C20H23F3N2O/c1-4-25(14(2)3)18-10-8-17(9-11-18)24-19(26)13-15-6-5-7-16(12-15)20(21,22)23/h5-12,14H,4,13H2,1-3H3,(H,24,26). The fourth-order valence-electron chi connectivity index (χ4n) is 2.83. The number of carbonyl (C=O) groups excluding carboxylic acids is 1. The van der Waals surface area contributed by atoms with Crippen LogP contribution in [0.5, 0.6) is 0 Å². The zero-order valence-electron chi connectivity index (χ0n) is 15.1. The van der Waals surface area contributed by atoms with E-state index in [0.717, 1.165) is 24.4 Å². The van der Waals surface area contributed by atoms with E-state index in [4.69, 9.17) is 0 Å². The van der Waals surface area contributed by atoms with E-state index in [0.29, 0.717) is 17.3 Å². The molecule has 0 atom stereocenters. The van der Waals surface area contributed by atoms with Crippen molar-refractivity contribution in [2.75, 3.05) is 16.8 Å². The third kappa shape index (κ3) is 5.25. The van der Waals surface area contributed by atoms with Crippen LogP contribution >= 0.6 is 0 Å². The van der Waals surface area contributed by atoms with Gasteiger partial charge in [0.2, 0.25) is 5.91 Å². The van der Waals surface area contributed by atoms with Gasteiger partial charge in [-0.15, -0.1) is 0 Å². The first kappa shape index (κ1) is 19.8. The van der Waals surface area contributed by atoms with Crippen LogP contribution in [0.2, 0.25) is 0 Å². The predicted octanol–water partition coefficient (Wildman–Crippen LogP) is 5.12. The van der Waals surface area contributed by atoms with Crippen molar-refractivity contribution in [1.82, 2.24) is 0 Å². The number of nitrogens with zero attached hydrogens (tertiary/aromatic N) is 1. The lowest BCUT2D eigenvalue weighted by molar-refractivity contribution is -0.137. The Balaban J connectivity index is 2.02. The van der Waals surface area contributed by atoms with Gasteiger partial charge in [0.25, 0.3) is 0 Å². The summed E-state index contributed by atoms with van der Waals surface area (Å²) in [7, 11) is 0. The van der Waals surface area contributed by atoms with Gasteiger partial charge >= 0.3 is 6.18 Å². The minimum absolute atomic E-state index is 0.112. The Hall–Kier alpha value is -2.50. The van der Waals surface area contributed by atoms with Gasteiger partial charge in [0.15, 0.2) is 0 Å². The van der Waals surface area contributed by atoms with Crippen molar-refractivity contribution < 1.29 is 18.0 Å². The lowest BCUT2D eigenvalue weighted by Gasteiger charge is -2.27. The summed E-state index contributed by atoms with van der Waals surface area (Å²) in [6, 6.07) is 12.6. The lowest BCUT2D eigenvalue weighted by atomic mass is 10.1. The van der Waals surface area contributed by atoms with Gasteiger partial charge in [-0.05, 0) is 56.7 Å². The van der Waals surface area contributed by atoms with Gasteiger partial charge in [-0.25, -0.2) is 0 Å². The zero-order valence-corrected chi connectivity index (χ0v) is 15.1. The normalized spacial score (nSPS) is 11.5. The molecule has 2 rings (SSSR count). The maximum absolute atomic E-state index is 12.7. The fourth-order valence-corrected chi connectivity index (χ4v) is 2.83. The average molecular weight is 364 g/mol. The monoisotopic (exact) mass is 364 g/mol. The molecule has 26 heavy (non-hydrogen) atoms. The Morgan fingerprint density at radius 3 is 2.31 bits per heavy atom. The van der Waals surface area contributed by atoms with E-state index < -0.39 is 11.7 Å². The smallest absolute Gasteiger partial charge is 0.369 e. The van der Waals surface area contributed by atoms with Crippen LogP contribution in [0.3, 0.4) is 0 Å².